The van der Waals surface area contributed by atoms with Gasteiger partial charge in [0, 0.05) is 31.7 Å². The second-order valence-corrected chi connectivity index (χ2v) is 12.5. The van der Waals surface area contributed by atoms with Gasteiger partial charge in [-0.2, -0.15) is 0 Å². The molecule has 0 saturated carbocycles. The summed E-state index contributed by atoms with van der Waals surface area (Å²) in [4.78, 5) is 43.9. The Morgan fingerprint density at radius 2 is 1.79 bits per heavy atom. The molecule has 1 saturated heterocycles. The van der Waals surface area contributed by atoms with Crippen LogP contribution in [-0.2, 0) is 41.7 Å². The monoisotopic (exact) mass is 548 g/mol. The number of benzene rings is 1. The minimum absolute atomic E-state index is 0.192. The Bertz CT molecular complexity index is 1220. The van der Waals surface area contributed by atoms with Crippen molar-refractivity contribution in [1.82, 2.24) is 19.8 Å². The molecule has 1 N–H and O–H groups in total. The van der Waals surface area contributed by atoms with Gasteiger partial charge in [0.25, 0.3) is 0 Å². The molecule has 3 rings (SSSR count). The summed E-state index contributed by atoms with van der Waals surface area (Å²) in [6, 6.07) is 8.76. The normalized spacial score (nSPS) is 15.9. The minimum atomic E-state index is -4.04. The number of methoxy groups -OCH3 is 1. The van der Waals surface area contributed by atoms with Crippen molar-refractivity contribution in [3.05, 3.63) is 54.1 Å². The highest BCUT2D eigenvalue weighted by molar-refractivity contribution is 7.93. The van der Waals surface area contributed by atoms with E-state index in [0.717, 1.165) is 5.56 Å². The minimum Gasteiger partial charge on any atom is -0.452 e. The lowest BCUT2D eigenvalue weighted by molar-refractivity contribution is -0.137. The number of ether oxygens (including phenoxy) is 2. The van der Waals surface area contributed by atoms with Gasteiger partial charge in [0.15, 0.2) is 9.84 Å². The number of hydrogen-bond acceptors (Lipinski definition) is 8. The van der Waals surface area contributed by atoms with Crippen molar-refractivity contribution < 1.29 is 32.3 Å². The fourth-order valence-corrected chi connectivity index (χ4v) is 5.89. The summed E-state index contributed by atoms with van der Waals surface area (Å²) < 4.78 is 36.6. The number of carbonyl (C=O) groups excluding carboxylic acids is 3. The quantitative estimate of drug-likeness (QED) is 0.471. The first kappa shape index (κ1) is 29.3. The molecule has 2 atom stereocenters. The van der Waals surface area contributed by atoms with E-state index >= 15 is 0 Å². The Balaban J connectivity index is 1.75. The van der Waals surface area contributed by atoms with Crippen LogP contribution in [0.25, 0.3) is 0 Å². The highest BCUT2D eigenvalue weighted by Gasteiger charge is 2.46. The Labute approximate surface area is 223 Å². The maximum Gasteiger partial charge on any atom is 0.418 e. The summed E-state index contributed by atoms with van der Waals surface area (Å²) in [5.74, 6) is -2.34. The number of rotatable bonds is 10. The van der Waals surface area contributed by atoms with Crippen LogP contribution >= 0.6 is 0 Å². The number of aromatic nitrogens is 2. The van der Waals surface area contributed by atoms with Gasteiger partial charge in [0.2, 0.25) is 11.8 Å². The van der Waals surface area contributed by atoms with Crippen molar-refractivity contribution >= 4 is 27.7 Å². The number of hydrogen-bond donors (Lipinski definition) is 1. The van der Waals surface area contributed by atoms with Crippen LogP contribution < -0.4 is 5.32 Å². The summed E-state index contributed by atoms with van der Waals surface area (Å²) in [5, 5.41) is 2.89. The third kappa shape index (κ3) is 7.19. The number of imidazole rings is 1. The van der Waals surface area contributed by atoms with Gasteiger partial charge < -0.3 is 19.7 Å². The molecule has 0 radical (unpaired) electrons. The fraction of sp³-hybridized carbons (Fsp3) is 0.538. The summed E-state index contributed by atoms with van der Waals surface area (Å²) in [6.07, 6.45) is 2.77. The van der Waals surface area contributed by atoms with E-state index in [2.05, 4.69) is 15.0 Å². The van der Waals surface area contributed by atoms with Crippen molar-refractivity contribution in [2.24, 2.45) is 5.92 Å². The Morgan fingerprint density at radius 1 is 1.13 bits per heavy atom. The molecule has 12 heteroatoms. The molecule has 0 aliphatic carbocycles. The number of nitrogens with zero attached hydrogens (tertiary/aromatic N) is 3. The number of carbonyl (C=O) groups is 3. The van der Waals surface area contributed by atoms with Crippen LogP contribution in [0.3, 0.4) is 0 Å². The molecule has 1 fully saturated rings. The third-order valence-electron chi connectivity index (χ3n) is 6.63. The molecule has 38 heavy (non-hydrogen) atoms. The molecule has 2 heterocycles. The number of nitrogens with one attached hydrogen (secondary N) is 1. The van der Waals surface area contributed by atoms with Gasteiger partial charge in [-0.1, -0.05) is 30.3 Å². The van der Waals surface area contributed by atoms with E-state index in [1.165, 1.54) is 42.9 Å². The highest BCUT2D eigenvalue weighted by atomic mass is 32.2. The zero-order chi connectivity index (χ0) is 27.9. The Hall–Kier alpha value is -3.25. The van der Waals surface area contributed by atoms with E-state index in [4.69, 9.17) is 4.74 Å². The number of amides is 2. The van der Waals surface area contributed by atoms with Crippen molar-refractivity contribution in [1.29, 1.82) is 0 Å². The fourth-order valence-electron chi connectivity index (χ4n) is 4.28. The number of morpholine rings is 1. The van der Waals surface area contributed by atoms with E-state index in [0.29, 0.717) is 38.4 Å². The van der Waals surface area contributed by atoms with E-state index in [1.54, 1.807) is 6.92 Å². The maximum absolute atomic E-state index is 13.6. The molecule has 2 aromatic rings. The van der Waals surface area contributed by atoms with Crippen molar-refractivity contribution in [2.75, 3.05) is 39.2 Å². The predicted octanol–water partition coefficient (Wildman–Crippen LogP) is 1.46. The summed E-state index contributed by atoms with van der Waals surface area (Å²) >= 11 is 0. The van der Waals surface area contributed by atoms with Crippen LogP contribution in [0.2, 0.25) is 0 Å². The van der Waals surface area contributed by atoms with Crippen molar-refractivity contribution in [2.45, 2.75) is 44.4 Å². The topological polar surface area (TPSA) is 137 Å². The van der Waals surface area contributed by atoms with Gasteiger partial charge in [-0.05, 0) is 32.8 Å². The lowest BCUT2D eigenvalue weighted by Crippen LogP contribution is -2.55. The smallest absolute Gasteiger partial charge is 0.418 e. The predicted molar refractivity (Wildman–Crippen MR) is 140 cm³/mol. The van der Waals surface area contributed by atoms with Gasteiger partial charge in [0.1, 0.15) is 11.1 Å². The van der Waals surface area contributed by atoms with Gasteiger partial charge in [-0.3, -0.25) is 9.59 Å². The summed E-state index contributed by atoms with van der Waals surface area (Å²) in [6.45, 7) is 5.95. The molecule has 1 aliphatic heterocycles. The van der Waals surface area contributed by atoms with Crippen LogP contribution in [0.4, 0.5) is 4.79 Å². The third-order valence-corrected chi connectivity index (χ3v) is 9.20. The highest BCUT2D eigenvalue weighted by Crippen LogP contribution is 2.25. The van der Waals surface area contributed by atoms with E-state index in [1.807, 2.05) is 30.3 Å². The van der Waals surface area contributed by atoms with E-state index in [-0.39, 0.29) is 6.42 Å². The van der Waals surface area contributed by atoms with Crippen molar-refractivity contribution in [3.8, 4) is 0 Å². The summed E-state index contributed by atoms with van der Waals surface area (Å²) in [7, 11) is -2.77. The Kier molecular flexibility index (Phi) is 9.66. The zero-order valence-corrected chi connectivity index (χ0v) is 23.1. The van der Waals surface area contributed by atoms with E-state index < -0.39 is 50.2 Å². The van der Waals surface area contributed by atoms with Crippen LogP contribution in [0.15, 0.2) is 42.9 Å². The largest absolute Gasteiger partial charge is 0.452 e. The zero-order valence-electron chi connectivity index (χ0n) is 22.3. The summed E-state index contributed by atoms with van der Waals surface area (Å²) in [5.41, 5.74) is 1.37. The molecular weight excluding hydrogens is 512 g/mol. The number of sulfone groups is 1. The molecular formula is C26H36N4O7S. The Morgan fingerprint density at radius 3 is 2.42 bits per heavy atom. The molecule has 11 nitrogen and oxygen atoms in total. The second-order valence-electron chi connectivity index (χ2n) is 9.94. The SMILES string of the molecule is COC(=O)n1cnc(C[C@@H](C)NC(=O)[C@H](Cc2ccccc2)CS(=O)(=O)C(C)(C)C(=O)N2CCOCC2)c1. The van der Waals surface area contributed by atoms with Crippen molar-refractivity contribution in [3.63, 3.8) is 0 Å². The average Bonchev–Trinajstić information content (AvgIpc) is 3.36. The average molecular weight is 549 g/mol. The maximum atomic E-state index is 13.6. The standard InChI is InChI=1S/C26H36N4O7S/c1-19(14-22-16-30(18-27-22)25(33)36-4)28-23(31)21(15-20-8-6-5-7-9-20)17-38(34,35)26(2,3)24(32)29-10-12-37-13-11-29/h5-9,16,18-19,21H,10-15,17H2,1-4H3,(H,28,31)/t19-,21-/m1/s1. The second kappa shape index (κ2) is 12.5. The molecule has 0 unspecified atom stereocenters. The molecule has 208 valence electrons. The molecule has 1 aliphatic rings. The van der Waals surface area contributed by atoms with Gasteiger partial charge in [0.05, 0.1) is 37.7 Å². The first-order valence-corrected chi connectivity index (χ1v) is 14.1. The van der Waals surface area contributed by atoms with E-state index in [9.17, 15) is 22.8 Å². The lowest BCUT2D eigenvalue weighted by atomic mass is 9.99. The lowest BCUT2D eigenvalue weighted by Gasteiger charge is -2.34. The van der Waals surface area contributed by atoms with Crippen LogP contribution in [0.5, 0.6) is 0 Å². The van der Waals surface area contributed by atoms with Crippen LogP contribution in [-0.4, -0.2) is 90.7 Å². The first-order chi connectivity index (χ1) is 17.9. The first-order valence-electron chi connectivity index (χ1n) is 12.5. The molecule has 2 amide bonds. The van der Waals surface area contributed by atoms with Gasteiger partial charge >= 0.3 is 6.09 Å². The van der Waals surface area contributed by atoms with Crippen LogP contribution in [0.1, 0.15) is 32.0 Å². The molecule has 1 aromatic heterocycles. The molecule has 1 aromatic carbocycles. The van der Waals surface area contributed by atoms with Gasteiger partial charge in [-0.15, -0.1) is 0 Å². The van der Waals surface area contributed by atoms with Crippen LogP contribution in [0, 0.1) is 5.92 Å². The molecule has 0 spiro atoms. The van der Waals surface area contributed by atoms with Gasteiger partial charge in [-0.25, -0.2) is 22.8 Å². The molecule has 0 bridgehead atoms.